The molecule has 0 unspecified atom stereocenters. The van der Waals surface area contributed by atoms with E-state index in [1.54, 1.807) is 0 Å². The Morgan fingerprint density at radius 3 is 2.50 bits per heavy atom. The smallest absolute Gasteiger partial charge is 0.230 e. The van der Waals surface area contributed by atoms with Crippen LogP contribution in [0.1, 0.15) is 28.1 Å². The number of benzene rings is 2. The lowest BCUT2D eigenvalue weighted by Gasteiger charge is -2.11. The van der Waals surface area contributed by atoms with Crippen LogP contribution in [0.4, 0.5) is 0 Å². The van der Waals surface area contributed by atoms with Crippen LogP contribution in [0.2, 0.25) is 0 Å². The number of amides is 1. The van der Waals surface area contributed by atoms with Gasteiger partial charge in [0.1, 0.15) is 12.4 Å². The van der Waals surface area contributed by atoms with Crippen LogP contribution in [0.25, 0.3) is 0 Å². The molecular formula is C22H27N5O2S. The lowest BCUT2D eigenvalue weighted by molar-refractivity contribution is -0.118. The second-order valence-electron chi connectivity index (χ2n) is 7.09. The van der Waals surface area contributed by atoms with E-state index in [-0.39, 0.29) is 18.3 Å². The predicted molar refractivity (Wildman–Crippen MR) is 119 cm³/mol. The first-order valence-corrected chi connectivity index (χ1v) is 10.8. The van der Waals surface area contributed by atoms with Crippen molar-refractivity contribution in [2.45, 2.75) is 39.0 Å². The minimum Gasteiger partial charge on any atom is -0.485 e. The molecule has 0 aliphatic heterocycles. The molecule has 1 aromatic heterocycles. The van der Waals surface area contributed by atoms with E-state index >= 15 is 0 Å². The number of nitrogens with zero attached hydrogens (tertiary/aromatic N) is 3. The predicted octanol–water partition coefficient (Wildman–Crippen LogP) is 2.95. The van der Waals surface area contributed by atoms with Gasteiger partial charge >= 0.3 is 0 Å². The van der Waals surface area contributed by atoms with Gasteiger partial charge in [0.2, 0.25) is 11.1 Å². The van der Waals surface area contributed by atoms with Crippen molar-refractivity contribution in [3.05, 3.63) is 70.5 Å². The Balaban J connectivity index is 1.46. The third-order valence-electron chi connectivity index (χ3n) is 4.80. The van der Waals surface area contributed by atoms with E-state index < -0.39 is 0 Å². The summed E-state index contributed by atoms with van der Waals surface area (Å²) < 4.78 is 7.26. The molecule has 7 nitrogen and oxygen atoms in total. The highest BCUT2D eigenvalue weighted by atomic mass is 32.2. The van der Waals surface area contributed by atoms with Crippen LogP contribution >= 0.6 is 11.8 Å². The van der Waals surface area contributed by atoms with Crippen LogP contribution < -0.4 is 15.9 Å². The normalized spacial score (nSPS) is 10.8. The molecule has 0 aliphatic carbocycles. The Labute approximate surface area is 181 Å². The van der Waals surface area contributed by atoms with Crippen molar-refractivity contribution in [2.75, 3.05) is 18.1 Å². The zero-order valence-electron chi connectivity index (χ0n) is 17.5. The number of hydrogen-bond donors (Lipinski definition) is 2. The fourth-order valence-corrected chi connectivity index (χ4v) is 3.78. The molecule has 0 radical (unpaired) electrons. The third kappa shape index (κ3) is 5.54. The Morgan fingerprint density at radius 2 is 1.77 bits per heavy atom. The number of aryl methyl sites for hydroxylation is 3. The molecule has 0 fully saturated rings. The Bertz CT molecular complexity index is 998. The maximum Gasteiger partial charge on any atom is 0.230 e. The standard InChI is InChI=1S/C22H27N5O2S/c1-15-7-4-5-10-18(15)11-12-24-20(28)14-30-22-26-25-19(27(22)23)13-29-21-16(2)8-6-9-17(21)3/h4-10H,11-14,23H2,1-3H3,(H,24,28). The second kappa shape index (κ2) is 10.2. The number of rotatable bonds is 9. The summed E-state index contributed by atoms with van der Waals surface area (Å²) in [6.45, 7) is 6.86. The molecule has 0 bridgehead atoms. The van der Waals surface area contributed by atoms with Crippen molar-refractivity contribution in [1.82, 2.24) is 20.2 Å². The maximum atomic E-state index is 12.1. The van der Waals surface area contributed by atoms with Crippen molar-refractivity contribution >= 4 is 17.7 Å². The van der Waals surface area contributed by atoms with Crippen molar-refractivity contribution < 1.29 is 9.53 Å². The van der Waals surface area contributed by atoms with Gasteiger partial charge in [-0.2, -0.15) is 0 Å². The van der Waals surface area contributed by atoms with Crippen LogP contribution in [0, 0.1) is 20.8 Å². The first-order chi connectivity index (χ1) is 14.5. The van der Waals surface area contributed by atoms with Crippen molar-refractivity contribution in [1.29, 1.82) is 0 Å². The summed E-state index contributed by atoms with van der Waals surface area (Å²) >= 11 is 1.25. The Hall–Kier alpha value is -3.00. The summed E-state index contributed by atoms with van der Waals surface area (Å²) in [6, 6.07) is 14.2. The fraction of sp³-hybridized carbons (Fsp3) is 0.318. The molecule has 2 aromatic carbocycles. The van der Waals surface area contributed by atoms with Gasteiger partial charge < -0.3 is 15.9 Å². The number of thioether (sulfide) groups is 1. The highest BCUT2D eigenvalue weighted by Crippen LogP contribution is 2.23. The van der Waals surface area contributed by atoms with Crippen LogP contribution in [-0.4, -0.2) is 33.1 Å². The molecule has 0 atom stereocenters. The molecule has 0 aliphatic rings. The van der Waals surface area contributed by atoms with E-state index in [1.165, 1.54) is 27.6 Å². The first-order valence-electron chi connectivity index (χ1n) is 9.78. The van der Waals surface area contributed by atoms with E-state index in [0.29, 0.717) is 17.5 Å². The number of aromatic nitrogens is 3. The van der Waals surface area contributed by atoms with Gasteiger partial charge in [0, 0.05) is 6.54 Å². The quantitative estimate of drug-likeness (QED) is 0.404. The number of nitrogens with one attached hydrogen (secondary N) is 1. The van der Waals surface area contributed by atoms with Gasteiger partial charge in [-0.15, -0.1) is 10.2 Å². The molecule has 30 heavy (non-hydrogen) atoms. The molecule has 3 rings (SSSR count). The van der Waals surface area contributed by atoms with Gasteiger partial charge in [-0.3, -0.25) is 4.79 Å². The van der Waals surface area contributed by atoms with Crippen LogP contribution in [0.3, 0.4) is 0 Å². The Morgan fingerprint density at radius 1 is 1.07 bits per heavy atom. The lowest BCUT2D eigenvalue weighted by atomic mass is 10.1. The third-order valence-corrected chi connectivity index (χ3v) is 5.74. The van der Waals surface area contributed by atoms with Crippen LogP contribution in [0.15, 0.2) is 47.6 Å². The first kappa shape index (κ1) is 21.7. The summed E-state index contributed by atoms with van der Waals surface area (Å²) in [5, 5.41) is 11.6. The number of carbonyl (C=O) groups is 1. The van der Waals surface area contributed by atoms with E-state index in [4.69, 9.17) is 10.6 Å². The zero-order valence-corrected chi connectivity index (χ0v) is 18.3. The SMILES string of the molecule is Cc1ccccc1CCNC(=O)CSc1nnc(COc2c(C)cccc2C)n1N. The largest absolute Gasteiger partial charge is 0.485 e. The average molecular weight is 426 g/mol. The van der Waals surface area contributed by atoms with Crippen LogP contribution in [0.5, 0.6) is 5.75 Å². The molecular weight excluding hydrogens is 398 g/mol. The number of nitrogens with two attached hydrogens (primary N) is 1. The fourth-order valence-electron chi connectivity index (χ4n) is 3.08. The lowest BCUT2D eigenvalue weighted by Crippen LogP contribution is -2.27. The summed E-state index contributed by atoms with van der Waals surface area (Å²) in [5.74, 6) is 7.56. The second-order valence-corrected chi connectivity index (χ2v) is 8.04. The van der Waals surface area contributed by atoms with Crippen LogP contribution in [-0.2, 0) is 17.8 Å². The summed E-state index contributed by atoms with van der Waals surface area (Å²) in [4.78, 5) is 12.1. The Kier molecular flexibility index (Phi) is 7.35. The highest BCUT2D eigenvalue weighted by molar-refractivity contribution is 7.99. The highest BCUT2D eigenvalue weighted by Gasteiger charge is 2.14. The molecule has 1 amide bonds. The molecule has 1 heterocycles. The zero-order chi connectivity index (χ0) is 21.5. The average Bonchev–Trinajstić information content (AvgIpc) is 3.07. The van der Waals surface area contributed by atoms with E-state index in [0.717, 1.165) is 23.3 Å². The monoisotopic (exact) mass is 425 g/mol. The van der Waals surface area contributed by atoms with Gasteiger partial charge in [0.05, 0.1) is 5.75 Å². The number of carbonyl (C=O) groups excluding carboxylic acids is 1. The maximum absolute atomic E-state index is 12.1. The van der Waals surface area contributed by atoms with Gasteiger partial charge in [-0.25, -0.2) is 4.68 Å². The number of para-hydroxylation sites is 1. The van der Waals surface area contributed by atoms with Crippen molar-refractivity contribution in [2.24, 2.45) is 0 Å². The summed E-state index contributed by atoms with van der Waals surface area (Å²) in [7, 11) is 0. The number of hydrogen-bond acceptors (Lipinski definition) is 6. The van der Waals surface area contributed by atoms with E-state index in [1.807, 2.05) is 44.2 Å². The number of nitrogen functional groups attached to an aromatic ring is 1. The van der Waals surface area contributed by atoms with E-state index in [2.05, 4.69) is 34.6 Å². The van der Waals surface area contributed by atoms with Crippen molar-refractivity contribution in [3.8, 4) is 5.75 Å². The molecule has 3 N–H and O–H groups in total. The molecule has 0 saturated heterocycles. The molecule has 0 saturated carbocycles. The van der Waals surface area contributed by atoms with Gasteiger partial charge in [-0.05, 0) is 49.4 Å². The van der Waals surface area contributed by atoms with E-state index in [9.17, 15) is 4.79 Å². The molecule has 0 spiro atoms. The van der Waals surface area contributed by atoms with Gasteiger partial charge in [-0.1, -0.05) is 54.2 Å². The number of ether oxygens (including phenoxy) is 1. The van der Waals surface area contributed by atoms with Gasteiger partial charge in [0.15, 0.2) is 5.82 Å². The molecule has 8 heteroatoms. The minimum absolute atomic E-state index is 0.0649. The molecule has 158 valence electrons. The summed E-state index contributed by atoms with van der Waals surface area (Å²) in [6.07, 6.45) is 0.802. The summed E-state index contributed by atoms with van der Waals surface area (Å²) in [5.41, 5.74) is 4.57. The molecule has 3 aromatic rings. The minimum atomic E-state index is -0.0649. The van der Waals surface area contributed by atoms with Gasteiger partial charge in [0.25, 0.3) is 0 Å². The van der Waals surface area contributed by atoms with Crippen molar-refractivity contribution in [3.63, 3.8) is 0 Å². The topological polar surface area (TPSA) is 95.1 Å².